The van der Waals surface area contributed by atoms with Crippen molar-refractivity contribution in [3.63, 3.8) is 0 Å². The van der Waals surface area contributed by atoms with Crippen molar-refractivity contribution in [3.05, 3.63) is 105 Å². The molecule has 10 nitrogen and oxygen atoms in total. The first kappa shape index (κ1) is 19.3. The largest absolute Gasteiger partial charge is 0.303 e. The highest BCUT2D eigenvalue weighted by Gasteiger charge is 2.19. The number of amidine groups is 1. The summed E-state index contributed by atoms with van der Waals surface area (Å²) >= 11 is 0. The minimum Gasteiger partial charge on any atom is -0.276 e. The van der Waals surface area contributed by atoms with Crippen molar-refractivity contribution in [3.8, 4) is 0 Å². The Morgan fingerprint density at radius 3 is 2.10 bits per heavy atom. The number of para-hydroxylation sites is 1. The molecule has 0 saturated heterocycles. The molecule has 3 aromatic carbocycles. The number of anilines is 1. The van der Waals surface area contributed by atoms with Gasteiger partial charge >= 0.3 is 5.69 Å². The summed E-state index contributed by atoms with van der Waals surface area (Å²) < 4.78 is 0. The van der Waals surface area contributed by atoms with Crippen LogP contribution in [0.15, 0.2) is 94.2 Å². The van der Waals surface area contributed by atoms with Gasteiger partial charge in [-0.3, -0.25) is 25.7 Å². The first-order chi connectivity index (χ1) is 14.0. The van der Waals surface area contributed by atoms with Crippen LogP contribution < -0.4 is 5.43 Å². The Balaban J connectivity index is 1.96. The molecule has 0 aliphatic rings. The molecular weight excluding hydrogens is 376 g/mol. The van der Waals surface area contributed by atoms with Gasteiger partial charge in [-0.25, -0.2) is 0 Å². The summed E-state index contributed by atoms with van der Waals surface area (Å²) in [6, 6.07) is 21.2. The van der Waals surface area contributed by atoms with Crippen LogP contribution >= 0.6 is 0 Å². The minimum atomic E-state index is -0.747. The van der Waals surface area contributed by atoms with Gasteiger partial charge in [-0.05, 0) is 18.2 Å². The first-order valence-electron chi connectivity index (χ1n) is 8.33. The van der Waals surface area contributed by atoms with Gasteiger partial charge < -0.3 is 0 Å². The number of nitro groups is 2. The van der Waals surface area contributed by atoms with E-state index in [1.165, 1.54) is 6.07 Å². The molecule has 0 fully saturated rings. The summed E-state index contributed by atoms with van der Waals surface area (Å²) in [4.78, 5) is 20.7. The zero-order chi connectivity index (χ0) is 20.6. The van der Waals surface area contributed by atoms with Crippen LogP contribution in [0.3, 0.4) is 0 Å². The average Bonchev–Trinajstić information content (AvgIpc) is 2.75. The third-order valence-corrected chi connectivity index (χ3v) is 3.72. The molecule has 0 saturated carbocycles. The van der Waals surface area contributed by atoms with Crippen LogP contribution in [0.25, 0.3) is 0 Å². The van der Waals surface area contributed by atoms with E-state index in [0.717, 1.165) is 17.8 Å². The van der Waals surface area contributed by atoms with Crippen molar-refractivity contribution in [2.24, 2.45) is 15.3 Å². The van der Waals surface area contributed by atoms with Gasteiger partial charge in [-0.15, -0.1) is 10.2 Å². The first-order valence-corrected chi connectivity index (χ1v) is 8.33. The quantitative estimate of drug-likeness (QED) is 0.206. The van der Waals surface area contributed by atoms with Gasteiger partial charge in [0.15, 0.2) is 5.69 Å². The number of nitro benzene ring substituents is 2. The molecule has 3 rings (SSSR count). The van der Waals surface area contributed by atoms with Gasteiger partial charge in [0, 0.05) is 11.6 Å². The molecule has 10 heteroatoms. The van der Waals surface area contributed by atoms with Crippen molar-refractivity contribution in [1.82, 2.24) is 0 Å². The Kier molecular flexibility index (Phi) is 5.96. The van der Waals surface area contributed by atoms with Crippen LogP contribution in [0.4, 0.5) is 22.7 Å². The van der Waals surface area contributed by atoms with E-state index >= 15 is 0 Å². The minimum absolute atomic E-state index is 0.121. The fourth-order valence-corrected chi connectivity index (χ4v) is 2.32. The molecule has 1 N–H and O–H groups in total. The van der Waals surface area contributed by atoms with Crippen molar-refractivity contribution < 1.29 is 9.85 Å². The van der Waals surface area contributed by atoms with Crippen molar-refractivity contribution in [1.29, 1.82) is 0 Å². The Hall–Kier alpha value is -4.47. The van der Waals surface area contributed by atoms with Crippen LogP contribution in [0, 0.1) is 20.2 Å². The van der Waals surface area contributed by atoms with E-state index < -0.39 is 21.2 Å². The number of hydrogen-bond acceptors (Lipinski definition) is 7. The number of rotatable bonds is 6. The van der Waals surface area contributed by atoms with Crippen molar-refractivity contribution >= 4 is 28.6 Å². The summed E-state index contributed by atoms with van der Waals surface area (Å²) in [5.74, 6) is 0.183. The zero-order valence-corrected chi connectivity index (χ0v) is 14.9. The molecule has 0 aromatic heterocycles. The van der Waals surface area contributed by atoms with Gasteiger partial charge in [0.05, 0.1) is 21.6 Å². The topological polar surface area (TPSA) is 135 Å². The van der Waals surface area contributed by atoms with Gasteiger partial charge in [0.2, 0.25) is 5.84 Å². The lowest BCUT2D eigenvalue weighted by Gasteiger charge is -2.03. The lowest BCUT2D eigenvalue weighted by Crippen LogP contribution is -2.01. The molecule has 0 radical (unpaired) electrons. The SMILES string of the molecule is O=[N+]([O-])c1ccc(N=NC(=NNc2ccccc2)c2ccccc2)c([N+](=O)[O-])c1. The number of hydrogen-bond donors (Lipinski definition) is 1. The summed E-state index contributed by atoms with van der Waals surface area (Å²) in [5, 5.41) is 34.3. The van der Waals surface area contributed by atoms with Crippen LogP contribution in [-0.4, -0.2) is 15.7 Å². The summed E-state index contributed by atoms with van der Waals surface area (Å²) in [5.41, 5.74) is 3.15. The second kappa shape index (κ2) is 8.95. The van der Waals surface area contributed by atoms with E-state index in [1.54, 1.807) is 24.3 Å². The Labute approximate surface area is 164 Å². The molecule has 3 aromatic rings. The summed E-state index contributed by atoms with van der Waals surface area (Å²) in [7, 11) is 0. The molecule has 0 amide bonds. The van der Waals surface area contributed by atoms with Crippen LogP contribution in [0.5, 0.6) is 0 Å². The number of hydrazone groups is 1. The highest BCUT2D eigenvalue weighted by Crippen LogP contribution is 2.31. The molecule has 0 aliphatic heterocycles. The molecule has 0 bridgehead atoms. The van der Waals surface area contributed by atoms with Crippen LogP contribution in [0.1, 0.15) is 5.56 Å². The molecule has 0 heterocycles. The van der Waals surface area contributed by atoms with Gasteiger partial charge in [-0.1, -0.05) is 48.5 Å². The highest BCUT2D eigenvalue weighted by atomic mass is 16.6. The predicted molar refractivity (Wildman–Crippen MR) is 107 cm³/mol. The van der Waals surface area contributed by atoms with E-state index in [1.807, 2.05) is 36.4 Å². The van der Waals surface area contributed by atoms with Crippen molar-refractivity contribution in [2.45, 2.75) is 0 Å². The summed E-state index contributed by atoms with van der Waals surface area (Å²) in [6.07, 6.45) is 0. The maximum atomic E-state index is 11.3. The Bertz CT molecular complexity index is 1080. The third-order valence-electron chi connectivity index (χ3n) is 3.72. The van der Waals surface area contributed by atoms with Crippen LogP contribution in [-0.2, 0) is 0 Å². The smallest absolute Gasteiger partial charge is 0.276 e. The lowest BCUT2D eigenvalue weighted by molar-refractivity contribution is -0.393. The third kappa shape index (κ3) is 5.04. The highest BCUT2D eigenvalue weighted by molar-refractivity contribution is 5.99. The lowest BCUT2D eigenvalue weighted by atomic mass is 10.2. The molecule has 0 spiro atoms. The molecule has 0 aliphatic carbocycles. The molecular formula is C19H14N6O4. The van der Waals surface area contributed by atoms with E-state index in [-0.39, 0.29) is 11.5 Å². The number of nitrogens with one attached hydrogen (secondary N) is 1. The fraction of sp³-hybridized carbons (Fsp3) is 0. The Morgan fingerprint density at radius 1 is 0.828 bits per heavy atom. The molecule has 0 unspecified atom stereocenters. The monoisotopic (exact) mass is 390 g/mol. The van der Waals surface area contributed by atoms with E-state index in [2.05, 4.69) is 20.8 Å². The fourth-order valence-electron chi connectivity index (χ4n) is 2.32. The summed E-state index contributed by atoms with van der Waals surface area (Å²) in [6.45, 7) is 0. The second-order valence-corrected chi connectivity index (χ2v) is 5.67. The average molecular weight is 390 g/mol. The molecule has 29 heavy (non-hydrogen) atoms. The van der Waals surface area contributed by atoms with Gasteiger partial charge in [-0.2, -0.15) is 5.10 Å². The number of non-ortho nitro benzene ring substituents is 1. The maximum absolute atomic E-state index is 11.3. The molecule has 144 valence electrons. The van der Waals surface area contributed by atoms with Crippen LogP contribution in [0.2, 0.25) is 0 Å². The number of benzene rings is 3. The number of nitrogens with zero attached hydrogens (tertiary/aromatic N) is 5. The van der Waals surface area contributed by atoms with Gasteiger partial charge in [0.25, 0.3) is 5.69 Å². The maximum Gasteiger partial charge on any atom is 0.303 e. The Morgan fingerprint density at radius 2 is 1.48 bits per heavy atom. The number of azo groups is 1. The second-order valence-electron chi connectivity index (χ2n) is 5.67. The zero-order valence-electron chi connectivity index (χ0n) is 14.9. The van der Waals surface area contributed by atoms with E-state index in [9.17, 15) is 20.2 Å². The van der Waals surface area contributed by atoms with E-state index in [0.29, 0.717) is 5.56 Å². The standard InChI is InChI=1S/C19H14N6O4/c26-24(27)16-11-12-17(18(13-16)25(28)29)21-23-19(14-7-3-1-4-8-14)22-20-15-9-5-2-6-10-15/h1-13,20H. The predicted octanol–water partition coefficient (Wildman–Crippen LogP) is 5.06. The van der Waals surface area contributed by atoms with E-state index in [4.69, 9.17) is 0 Å². The normalized spacial score (nSPS) is 11.4. The van der Waals surface area contributed by atoms with Crippen molar-refractivity contribution in [2.75, 3.05) is 5.43 Å². The molecule has 0 atom stereocenters. The van der Waals surface area contributed by atoms with Gasteiger partial charge in [0.1, 0.15) is 0 Å².